The third kappa shape index (κ3) is 3.92. The lowest BCUT2D eigenvalue weighted by atomic mass is 10.1. The fourth-order valence-corrected chi connectivity index (χ4v) is 3.56. The van der Waals surface area contributed by atoms with Crippen molar-refractivity contribution in [2.24, 2.45) is 0 Å². The first kappa shape index (κ1) is 16.0. The zero-order valence-electron chi connectivity index (χ0n) is 13.2. The van der Waals surface area contributed by atoms with Gasteiger partial charge < -0.3 is 14.4 Å². The van der Waals surface area contributed by atoms with Crippen molar-refractivity contribution >= 4 is 17.2 Å². The lowest BCUT2D eigenvalue weighted by Gasteiger charge is -2.25. The van der Waals surface area contributed by atoms with E-state index in [1.807, 2.05) is 40.6 Å². The van der Waals surface area contributed by atoms with Crippen LogP contribution < -0.4 is 4.74 Å². The number of rotatable bonds is 6. The topological polar surface area (TPSA) is 38.8 Å². The van der Waals surface area contributed by atoms with E-state index in [-0.39, 0.29) is 12.0 Å². The van der Waals surface area contributed by atoms with Crippen LogP contribution in [0.2, 0.25) is 0 Å². The number of carbonyl (C=O) groups excluding carboxylic acids is 1. The third-order valence-electron chi connectivity index (χ3n) is 4.00. The molecule has 1 aliphatic rings. The molecule has 1 saturated heterocycles. The highest BCUT2D eigenvalue weighted by atomic mass is 32.1. The Hall–Kier alpha value is -1.85. The predicted octanol–water partition coefficient (Wildman–Crippen LogP) is 3.58. The van der Waals surface area contributed by atoms with Gasteiger partial charge in [-0.15, -0.1) is 11.3 Å². The number of hydrogen-bond acceptors (Lipinski definition) is 4. The number of benzene rings is 1. The number of nitrogens with zero attached hydrogens (tertiary/aromatic N) is 1. The molecule has 1 amide bonds. The number of thiophene rings is 1. The minimum atomic E-state index is -0.00801. The average molecular weight is 331 g/mol. The highest BCUT2D eigenvalue weighted by Gasteiger charge is 2.25. The Labute approximate surface area is 140 Å². The summed E-state index contributed by atoms with van der Waals surface area (Å²) >= 11 is 1.67. The molecule has 1 fully saturated rings. The highest BCUT2D eigenvalue weighted by molar-refractivity contribution is 7.09. The molecule has 2 heterocycles. The largest absolute Gasteiger partial charge is 0.496 e. The summed E-state index contributed by atoms with van der Waals surface area (Å²) in [6, 6.07) is 11.5. The van der Waals surface area contributed by atoms with Crippen molar-refractivity contribution in [3.8, 4) is 5.75 Å². The van der Waals surface area contributed by atoms with E-state index in [0.29, 0.717) is 24.4 Å². The van der Waals surface area contributed by atoms with Crippen LogP contribution in [0.1, 0.15) is 28.1 Å². The monoisotopic (exact) mass is 331 g/mol. The van der Waals surface area contributed by atoms with Gasteiger partial charge in [-0.05, 0) is 36.4 Å². The van der Waals surface area contributed by atoms with Gasteiger partial charge >= 0.3 is 0 Å². The van der Waals surface area contributed by atoms with E-state index in [0.717, 1.165) is 19.4 Å². The van der Waals surface area contributed by atoms with Crippen LogP contribution in [-0.2, 0) is 11.3 Å². The smallest absolute Gasteiger partial charge is 0.258 e. The van der Waals surface area contributed by atoms with E-state index in [1.54, 1.807) is 18.4 Å². The summed E-state index contributed by atoms with van der Waals surface area (Å²) < 4.78 is 11.1. The van der Waals surface area contributed by atoms with E-state index in [2.05, 4.69) is 6.07 Å². The fraction of sp³-hybridized carbons (Fsp3) is 0.389. The average Bonchev–Trinajstić information content (AvgIpc) is 3.27. The van der Waals surface area contributed by atoms with E-state index in [9.17, 15) is 4.79 Å². The maximum absolute atomic E-state index is 13.0. The molecule has 23 heavy (non-hydrogen) atoms. The van der Waals surface area contributed by atoms with Gasteiger partial charge in [0.25, 0.3) is 5.91 Å². The van der Waals surface area contributed by atoms with E-state index >= 15 is 0 Å². The number of carbonyl (C=O) groups is 1. The normalized spacial score (nSPS) is 17.2. The second-order valence-electron chi connectivity index (χ2n) is 5.60. The second kappa shape index (κ2) is 7.62. The van der Waals surface area contributed by atoms with Gasteiger partial charge in [0.1, 0.15) is 5.75 Å². The van der Waals surface area contributed by atoms with Gasteiger partial charge in [-0.25, -0.2) is 0 Å². The van der Waals surface area contributed by atoms with Crippen molar-refractivity contribution in [3.05, 3.63) is 52.2 Å². The molecule has 5 heteroatoms. The van der Waals surface area contributed by atoms with Gasteiger partial charge in [-0.2, -0.15) is 0 Å². The molecule has 0 spiro atoms. The zero-order chi connectivity index (χ0) is 16.1. The molecule has 1 aromatic heterocycles. The molecule has 1 aromatic carbocycles. The molecule has 1 atom stereocenters. The first-order valence-electron chi connectivity index (χ1n) is 7.84. The zero-order valence-corrected chi connectivity index (χ0v) is 14.1. The summed E-state index contributed by atoms with van der Waals surface area (Å²) in [5.41, 5.74) is 0.601. The summed E-state index contributed by atoms with van der Waals surface area (Å²) in [7, 11) is 1.59. The first-order chi connectivity index (χ1) is 11.3. The SMILES string of the molecule is COc1ccccc1C(=O)N(Cc1cccs1)CC1CCCO1. The Morgan fingerprint density at radius 1 is 1.35 bits per heavy atom. The predicted molar refractivity (Wildman–Crippen MR) is 91.0 cm³/mol. The van der Waals surface area contributed by atoms with Crippen LogP contribution in [0.15, 0.2) is 41.8 Å². The van der Waals surface area contributed by atoms with Crippen molar-refractivity contribution in [1.82, 2.24) is 4.90 Å². The van der Waals surface area contributed by atoms with Crippen LogP contribution in [0.4, 0.5) is 0 Å². The number of hydrogen-bond donors (Lipinski definition) is 0. The summed E-state index contributed by atoms with van der Waals surface area (Å²) in [5, 5.41) is 2.03. The Kier molecular flexibility index (Phi) is 5.31. The van der Waals surface area contributed by atoms with Crippen molar-refractivity contribution < 1.29 is 14.3 Å². The van der Waals surface area contributed by atoms with Gasteiger partial charge in [0.2, 0.25) is 0 Å². The quantitative estimate of drug-likeness (QED) is 0.812. The Bertz CT molecular complexity index is 635. The van der Waals surface area contributed by atoms with Gasteiger partial charge in [0, 0.05) is 18.0 Å². The van der Waals surface area contributed by atoms with Crippen LogP contribution in [0, 0.1) is 0 Å². The number of amides is 1. The molecule has 122 valence electrons. The third-order valence-corrected chi connectivity index (χ3v) is 4.86. The minimum absolute atomic E-state index is 0.00801. The molecular weight excluding hydrogens is 310 g/mol. The molecule has 2 aromatic rings. The summed E-state index contributed by atoms with van der Waals surface area (Å²) in [6.45, 7) is 2.02. The number of para-hydroxylation sites is 1. The molecule has 0 aliphatic carbocycles. The molecule has 0 saturated carbocycles. The van der Waals surface area contributed by atoms with Crippen molar-refractivity contribution in [1.29, 1.82) is 0 Å². The molecule has 1 aliphatic heterocycles. The number of ether oxygens (including phenoxy) is 2. The number of methoxy groups -OCH3 is 1. The Morgan fingerprint density at radius 2 is 2.22 bits per heavy atom. The Morgan fingerprint density at radius 3 is 2.91 bits per heavy atom. The molecule has 4 nitrogen and oxygen atoms in total. The summed E-state index contributed by atoms with van der Waals surface area (Å²) in [5.74, 6) is 0.604. The molecule has 3 rings (SSSR count). The fourth-order valence-electron chi connectivity index (χ4n) is 2.84. The van der Waals surface area contributed by atoms with Crippen LogP contribution >= 0.6 is 11.3 Å². The van der Waals surface area contributed by atoms with E-state index in [1.165, 1.54) is 4.88 Å². The minimum Gasteiger partial charge on any atom is -0.496 e. The molecule has 0 N–H and O–H groups in total. The first-order valence-corrected chi connectivity index (χ1v) is 8.72. The van der Waals surface area contributed by atoms with Crippen molar-refractivity contribution in [3.63, 3.8) is 0 Å². The van der Waals surface area contributed by atoms with Crippen LogP contribution in [0.5, 0.6) is 5.75 Å². The van der Waals surface area contributed by atoms with Gasteiger partial charge in [-0.3, -0.25) is 4.79 Å². The summed E-state index contributed by atoms with van der Waals surface area (Å²) in [6.07, 6.45) is 2.22. The lowest BCUT2D eigenvalue weighted by Crippen LogP contribution is -2.36. The van der Waals surface area contributed by atoms with Gasteiger partial charge in [-0.1, -0.05) is 18.2 Å². The van der Waals surface area contributed by atoms with Crippen LogP contribution in [0.3, 0.4) is 0 Å². The maximum Gasteiger partial charge on any atom is 0.258 e. The molecular formula is C18H21NO3S. The highest BCUT2D eigenvalue weighted by Crippen LogP contribution is 2.23. The van der Waals surface area contributed by atoms with E-state index < -0.39 is 0 Å². The second-order valence-corrected chi connectivity index (χ2v) is 6.63. The molecule has 0 radical (unpaired) electrons. The standard InChI is InChI=1S/C18H21NO3S/c1-21-17-9-3-2-8-16(17)18(20)19(12-14-6-4-10-22-14)13-15-7-5-11-23-15/h2-3,5,7-9,11,14H,4,6,10,12-13H2,1H3. The Balaban J connectivity index is 1.82. The van der Waals surface area contributed by atoms with Crippen molar-refractivity contribution in [2.75, 3.05) is 20.3 Å². The van der Waals surface area contributed by atoms with Gasteiger partial charge in [0.05, 0.1) is 25.3 Å². The maximum atomic E-state index is 13.0. The molecule has 1 unspecified atom stereocenters. The van der Waals surface area contributed by atoms with Crippen molar-refractivity contribution in [2.45, 2.75) is 25.5 Å². The van der Waals surface area contributed by atoms with E-state index in [4.69, 9.17) is 9.47 Å². The van der Waals surface area contributed by atoms with Crippen LogP contribution in [-0.4, -0.2) is 37.2 Å². The summed E-state index contributed by atoms with van der Waals surface area (Å²) in [4.78, 5) is 16.1. The molecule has 0 bridgehead atoms. The lowest BCUT2D eigenvalue weighted by molar-refractivity contribution is 0.0507. The van der Waals surface area contributed by atoms with Crippen LogP contribution in [0.25, 0.3) is 0 Å². The van der Waals surface area contributed by atoms with Gasteiger partial charge in [0.15, 0.2) is 0 Å².